The standard InChI is InChI=1S/C24H21N3O4/c1-15-22(30-2)21(24(29)31-3)20(13-26-15)14-27-23(28)19-10-8-18(9-11-19)17-6-4-16(12-25)5-7-17/h4-11,13H,14H2,1-3H3,(H,27,28). The first-order valence-corrected chi connectivity index (χ1v) is 9.48. The van der Waals surface area contributed by atoms with Gasteiger partial charge in [-0.1, -0.05) is 24.3 Å². The number of ether oxygens (including phenoxy) is 2. The predicted molar refractivity (Wildman–Crippen MR) is 115 cm³/mol. The van der Waals surface area contributed by atoms with E-state index in [1.165, 1.54) is 20.4 Å². The summed E-state index contributed by atoms with van der Waals surface area (Å²) in [6.07, 6.45) is 1.53. The van der Waals surface area contributed by atoms with Crippen molar-refractivity contribution in [2.75, 3.05) is 14.2 Å². The molecule has 0 aliphatic heterocycles. The molecule has 0 fully saturated rings. The lowest BCUT2D eigenvalue weighted by Gasteiger charge is -2.14. The molecule has 1 N–H and O–H groups in total. The van der Waals surface area contributed by atoms with Crippen molar-refractivity contribution >= 4 is 11.9 Å². The number of aryl methyl sites for hydroxylation is 1. The third-order valence-corrected chi connectivity index (χ3v) is 4.82. The number of aromatic nitrogens is 1. The molecular formula is C24H21N3O4. The van der Waals surface area contributed by atoms with Gasteiger partial charge in [-0.15, -0.1) is 0 Å². The highest BCUT2D eigenvalue weighted by atomic mass is 16.5. The lowest BCUT2D eigenvalue weighted by Crippen LogP contribution is -2.24. The molecule has 1 amide bonds. The van der Waals surface area contributed by atoms with Gasteiger partial charge in [0.1, 0.15) is 5.56 Å². The van der Waals surface area contributed by atoms with Crippen molar-refractivity contribution in [3.05, 3.63) is 82.7 Å². The number of amides is 1. The third kappa shape index (κ3) is 4.70. The van der Waals surface area contributed by atoms with Crippen LogP contribution in [0.15, 0.2) is 54.7 Å². The van der Waals surface area contributed by atoms with Crippen LogP contribution in [0.5, 0.6) is 5.75 Å². The van der Waals surface area contributed by atoms with Crippen LogP contribution in [0.2, 0.25) is 0 Å². The molecule has 0 aliphatic rings. The number of carbonyl (C=O) groups is 2. The third-order valence-electron chi connectivity index (χ3n) is 4.82. The molecule has 156 valence electrons. The summed E-state index contributed by atoms with van der Waals surface area (Å²) in [4.78, 5) is 29.1. The van der Waals surface area contributed by atoms with Crippen LogP contribution < -0.4 is 10.1 Å². The van der Waals surface area contributed by atoms with E-state index >= 15 is 0 Å². The zero-order chi connectivity index (χ0) is 22.4. The van der Waals surface area contributed by atoms with Crippen molar-refractivity contribution in [2.45, 2.75) is 13.5 Å². The van der Waals surface area contributed by atoms with Crippen LogP contribution in [-0.2, 0) is 11.3 Å². The highest BCUT2D eigenvalue weighted by Crippen LogP contribution is 2.26. The fraction of sp³-hybridized carbons (Fsp3) is 0.167. The Balaban J connectivity index is 1.75. The normalized spacial score (nSPS) is 10.1. The number of hydrogen-bond donors (Lipinski definition) is 1. The van der Waals surface area contributed by atoms with Crippen LogP contribution >= 0.6 is 0 Å². The van der Waals surface area contributed by atoms with Crippen LogP contribution in [0.25, 0.3) is 11.1 Å². The fourth-order valence-corrected chi connectivity index (χ4v) is 3.16. The van der Waals surface area contributed by atoms with E-state index in [0.717, 1.165) is 11.1 Å². The second-order valence-corrected chi connectivity index (χ2v) is 6.72. The number of benzene rings is 2. The number of nitrogens with one attached hydrogen (secondary N) is 1. The molecule has 2 aromatic carbocycles. The number of nitrogens with zero attached hydrogens (tertiary/aromatic N) is 2. The van der Waals surface area contributed by atoms with E-state index < -0.39 is 5.97 Å². The minimum Gasteiger partial charge on any atom is -0.494 e. The average molecular weight is 415 g/mol. The topological polar surface area (TPSA) is 101 Å². The summed E-state index contributed by atoms with van der Waals surface area (Å²) in [6, 6.07) is 16.4. The maximum atomic E-state index is 12.6. The molecule has 31 heavy (non-hydrogen) atoms. The molecule has 0 saturated carbocycles. The van der Waals surface area contributed by atoms with Crippen LogP contribution in [0.1, 0.15) is 37.5 Å². The van der Waals surface area contributed by atoms with Crippen molar-refractivity contribution in [1.82, 2.24) is 10.3 Å². The van der Waals surface area contributed by atoms with Crippen LogP contribution in [-0.4, -0.2) is 31.1 Å². The molecule has 0 unspecified atom stereocenters. The number of nitriles is 1. The summed E-state index contributed by atoms with van der Waals surface area (Å²) in [5, 5.41) is 11.7. The zero-order valence-electron chi connectivity index (χ0n) is 17.4. The molecule has 7 nitrogen and oxygen atoms in total. The zero-order valence-corrected chi connectivity index (χ0v) is 17.4. The van der Waals surface area contributed by atoms with E-state index in [1.54, 1.807) is 31.2 Å². The molecule has 3 rings (SSSR count). The quantitative estimate of drug-likeness (QED) is 0.617. The van der Waals surface area contributed by atoms with Gasteiger partial charge in [-0.2, -0.15) is 5.26 Å². The summed E-state index contributed by atoms with van der Waals surface area (Å²) in [7, 11) is 2.74. The number of esters is 1. The number of rotatable bonds is 6. The Hall–Kier alpha value is -4.18. The predicted octanol–water partition coefficient (Wildman–Crippen LogP) is 3.65. The molecule has 0 aliphatic carbocycles. The summed E-state index contributed by atoms with van der Waals surface area (Å²) in [5.41, 5.74) is 4.24. The summed E-state index contributed by atoms with van der Waals surface area (Å²) in [6.45, 7) is 1.81. The van der Waals surface area contributed by atoms with E-state index in [-0.39, 0.29) is 18.0 Å². The van der Waals surface area contributed by atoms with Crippen molar-refractivity contribution < 1.29 is 19.1 Å². The number of pyridine rings is 1. The first-order valence-electron chi connectivity index (χ1n) is 9.48. The van der Waals surface area contributed by atoms with Gasteiger partial charge in [0, 0.05) is 23.9 Å². The number of hydrogen-bond acceptors (Lipinski definition) is 6. The SMILES string of the molecule is COC(=O)c1c(CNC(=O)c2ccc(-c3ccc(C#N)cc3)cc2)cnc(C)c1OC. The monoisotopic (exact) mass is 415 g/mol. The lowest BCUT2D eigenvalue weighted by molar-refractivity contribution is 0.0594. The number of methoxy groups -OCH3 is 2. The molecule has 1 heterocycles. The summed E-state index contributed by atoms with van der Waals surface area (Å²) < 4.78 is 10.2. The first kappa shape index (κ1) is 21.5. The average Bonchev–Trinajstić information content (AvgIpc) is 2.82. The van der Waals surface area contributed by atoms with Crippen molar-refractivity contribution in [3.63, 3.8) is 0 Å². The van der Waals surface area contributed by atoms with E-state index in [0.29, 0.717) is 28.1 Å². The Kier molecular flexibility index (Phi) is 6.63. The van der Waals surface area contributed by atoms with Crippen molar-refractivity contribution in [2.24, 2.45) is 0 Å². The van der Waals surface area contributed by atoms with Crippen LogP contribution in [0, 0.1) is 18.3 Å². The second-order valence-electron chi connectivity index (χ2n) is 6.72. The molecular weight excluding hydrogens is 394 g/mol. The van der Waals surface area contributed by atoms with Gasteiger partial charge in [0.2, 0.25) is 0 Å². The van der Waals surface area contributed by atoms with E-state index in [9.17, 15) is 9.59 Å². The van der Waals surface area contributed by atoms with Gasteiger partial charge < -0.3 is 14.8 Å². The molecule has 0 saturated heterocycles. The van der Waals surface area contributed by atoms with E-state index in [1.807, 2.05) is 24.3 Å². The Labute approximate surface area is 180 Å². The molecule has 0 radical (unpaired) electrons. The van der Waals surface area contributed by atoms with Gasteiger partial charge in [0.05, 0.1) is 31.5 Å². The maximum absolute atomic E-state index is 12.6. The van der Waals surface area contributed by atoms with E-state index in [2.05, 4.69) is 16.4 Å². The molecule has 0 bridgehead atoms. The Morgan fingerprint density at radius 2 is 1.65 bits per heavy atom. The minimum absolute atomic E-state index is 0.0876. The van der Waals surface area contributed by atoms with Crippen LogP contribution in [0.4, 0.5) is 0 Å². The fourth-order valence-electron chi connectivity index (χ4n) is 3.16. The summed E-state index contributed by atoms with van der Waals surface area (Å²) >= 11 is 0. The van der Waals surface area contributed by atoms with Crippen molar-refractivity contribution in [3.8, 4) is 22.9 Å². The largest absolute Gasteiger partial charge is 0.494 e. The summed E-state index contributed by atoms with van der Waals surface area (Å²) in [5.74, 6) is -0.523. The molecule has 0 spiro atoms. The van der Waals surface area contributed by atoms with Gasteiger partial charge in [-0.05, 0) is 42.3 Å². The van der Waals surface area contributed by atoms with Crippen LogP contribution in [0.3, 0.4) is 0 Å². The van der Waals surface area contributed by atoms with Gasteiger partial charge in [0.15, 0.2) is 5.75 Å². The molecule has 3 aromatic rings. The minimum atomic E-state index is -0.557. The highest BCUT2D eigenvalue weighted by molar-refractivity contribution is 5.96. The Bertz CT molecular complexity index is 1150. The van der Waals surface area contributed by atoms with Crippen molar-refractivity contribution in [1.29, 1.82) is 5.26 Å². The Morgan fingerprint density at radius 1 is 1.03 bits per heavy atom. The Morgan fingerprint density at radius 3 is 2.19 bits per heavy atom. The van der Waals surface area contributed by atoms with Gasteiger partial charge in [-0.3, -0.25) is 9.78 Å². The molecule has 1 aromatic heterocycles. The molecule has 7 heteroatoms. The van der Waals surface area contributed by atoms with E-state index in [4.69, 9.17) is 14.7 Å². The maximum Gasteiger partial charge on any atom is 0.342 e. The van der Waals surface area contributed by atoms with Gasteiger partial charge in [0.25, 0.3) is 5.91 Å². The smallest absolute Gasteiger partial charge is 0.342 e. The lowest BCUT2D eigenvalue weighted by atomic mass is 10.0. The second kappa shape index (κ2) is 9.55. The van der Waals surface area contributed by atoms with Gasteiger partial charge in [-0.25, -0.2) is 4.79 Å². The molecule has 0 atom stereocenters. The highest BCUT2D eigenvalue weighted by Gasteiger charge is 2.21. The number of carbonyl (C=O) groups excluding carboxylic acids is 2. The first-order chi connectivity index (χ1) is 15.0. The van der Waals surface area contributed by atoms with Gasteiger partial charge >= 0.3 is 5.97 Å².